The molecular formula is C14H18ClNO. The zero-order valence-corrected chi connectivity index (χ0v) is 10.6. The number of ether oxygens (including phenoxy) is 1. The molecule has 0 spiro atoms. The van der Waals surface area contributed by atoms with Crippen molar-refractivity contribution in [2.75, 3.05) is 13.2 Å². The van der Waals surface area contributed by atoms with Gasteiger partial charge in [-0.15, -0.1) is 0 Å². The molecule has 1 N–H and O–H groups in total. The maximum atomic E-state index is 6.04. The molecule has 3 heteroatoms. The van der Waals surface area contributed by atoms with Gasteiger partial charge in [0, 0.05) is 17.6 Å². The van der Waals surface area contributed by atoms with Crippen LogP contribution < -0.4 is 5.32 Å². The molecule has 2 aliphatic rings. The van der Waals surface area contributed by atoms with Crippen molar-refractivity contribution in [2.45, 2.75) is 31.4 Å². The molecular weight excluding hydrogens is 234 g/mol. The van der Waals surface area contributed by atoms with E-state index in [4.69, 9.17) is 16.3 Å². The van der Waals surface area contributed by atoms with Crippen molar-refractivity contribution in [3.05, 3.63) is 34.9 Å². The van der Waals surface area contributed by atoms with Crippen LogP contribution in [-0.2, 0) is 4.74 Å². The Labute approximate surface area is 107 Å². The van der Waals surface area contributed by atoms with Crippen LogP contribution in [-0.4, -0.2) is 19.2 Å². The van der Waals surface area contributed by atoms with E-state index in [9.17, 15) is 0 Å². The lowest BCUT2D eigenvalue weighted by Gasteiger charge is -2.16. The number of hydrogen-bond donors (Lipinski definition) is 1. The molecule has 92 valence electrons. The Balaban J connectivity index is 1.73. The highest BCUT2D eigenvalue weighted by molar-refractivity contribution is 6.30. The van der Waals surface area contributed by atoms with Crippen molar-refractivity contribution in [2.24, 2.45) is 5.92 Å². The van der Waals surface area contributed by atoms with Crippen molar-refractivity contribution in [1.82, 2.24) is 5.32 Å². The molecule has 17 heavy (non-hydrogen) atoms. The van der Waals surface area contributed by atoms with E-state index in [0.29, 0.717) is 12.0 Å². The van der Waals surface area contributed by atoms with E-state index in [1.165, 1.54) is 24.8 Å². The molecule has 1 saturated carbocycles. The summed E-state index contributed by atoms with van der Waals surface area (Å²) in [7, 11) is 0. The van der Waals surface area contributed by atoms with Gasteiger partial charge in [0.2, 0.25) is 0 Å². The van der Waals surface area contributed by atoms with E-state index in [1.807, 2.05) is 18.2 Å². The Morgan fingerprint density at radius 1 is 1.29 bits per heavy atom. The highest BCUT2D eigenvalue weighted by Crippen LogP contribution is 2.31. The molecule has 1 aromatic rings. The second-order valence-electron chi connectivity index (χ2n) is 5.08. The van der Waals surface area contributed by atoms with Crippen LogP contribution in [0.1, 0.15) is 30.9 Å². The van der Waals surface area contributed by atoms with Gasteiger partial charge in [-0.1, -0.05) is 30.2 Å². The van der Waals surface area contributed by atoms with E-state index in [-0.39, 0.29) is 6.10 Å². The van der Waals surface area contributed by atoms with Gasteiger partial charge in [-0.2, -0.15) is 0 Å². The second kappa shape index (κ2) is 4.97. The van der Waals surface area contributed by atoms with Gasteiger partial charge in [0.1, 0.15) is 0 Å². The molecule has 3 atom stereocenters. The predicted molar refractivity (Wildman–Crippen MR) is 69.3 cm³/mol. The third kappa shape index (κ3) is 2.49. The Hall–Kier alpha value is -0.570. The molecule has 3 unspecified atom stereocenters. The zero-order chi connectivity index (χ0) is 11.7. The fraction of sp³-hybridized carbons (Fsp3) is 0.571. The average Bonchev–Trinajstić information content (AvgIpc) is 2.68. The van der Waals surface area contributed by atoms with E-state index < -0.39 is 0 Å². The second-order valence-corrected chi connectivity index (χ2v) is 5.52. The number of benzene rings is 1. The molecule has 1 aliphatic heterocycles. The first-order valence-electron chi connectivity index (χ1n) is 6.43. The highest BCUT2D eigenvalue weighted by atomic mass is 35.5. The maximum absolute atomic E-state index is 6.04. The third-order valence-electron chi connectivity index (χ3n) is 3.96. The smallest absolute Gasteiger partial charge is 0.0949 e. The molecule has 1 aromatic carbocycles. The zero-order valence-electron chi connectivity index (χ0n) is 9.86. The minimum Gasteiger partial charge on any atom is -0.372 e. The highest BCUT2D eigenvalue weighted by Gasteiger charge is 2.31. The van der Waals surface area contributed by atoms with Gasteiger partial charge in [-0.05, 0) is 36.5 Å². The number of rotatable bonds is 1. The molecule has 0 aromatic heterocycles. The summed E-state index contributed by atoms with van der Waals surface area (Å²) in [6.07, 6.45) is 4.10. The monoisotopic (exact) mass is 251 g/mol. The minimum absolute atomic E-state index is 0.152. The average molecular weight is 252 g/mol. The van der Waals surface area contributed by atoms with Crippen molar-refractivity contribution in [3.63, 3.8) is 0 Å². The fourth-order valence-corrected chi connectivity index (χ4v) is 3.18. The summed E-state index contributed by atoms with van der Waals surface area (Å²) in [6.45, 7) is 1.79. The van der Waals surface area contributed by atoms with Crippen LogP contribution in [0.5, 0.6) is 0 Å². The van der Waals surface area contributed by atoms with Crippen LogP contribution in [0.4, 0.5) is 0 Å². The quantitative estimate of drug-likeness (QED) is 0.828. The molecule has 1 heterocycles. The van der Waals surface area contributed by atoms with Crippen LogP contribution in [0.3, 0.4) is 0 Å². The fourth-order valence-electron chi connectivity index (χ4n) is 2.98. The SMILES string of the molecule is Clc1cccc(C2CNC3CCCC3CO2)c1. The number of halogens is 1. The van der Waals surface area contributed by atoms with E-state index in [1.54, 1.807) is 0 Å². The Morgan fingerprint density at radius 3 is 3.12 bits per heavy atom. The largest absolute Gasteiger partial charge is 0.372 e. The van der Waals surface area contributed by atoms with Crippen molar-refractivity contribution < 1.29 is 4.74 Å². The summed E-state index contributed by atoms with van der Waals surface area (Å²) in [6, 6.07) is 8.67. The van der Waals surface area contributed by atoms with Gasteiger partial charge in [-0.25, -0.2) is 0 Å². The third-order valence-corrected chi connectivity index (χ3v) is 4.19. The molecule has 3 rings (SSSR count). The van der Waals surface area contributed by atoms with Crippen LogP contribution in [0, 0.1) is 5.92 Å². The van der Waals surface area contributed by atoms with E-state index in [0.717, 1.165) is 18.2 Å². The summed E-state index contributed by atoms with van der Waals surface area (Å²) in [5.74, 6) is 0.708. The van der Waals surface area contributed by atoms with Crippen molar-refractivity contribution in [3.8, 4) is 0 Å². The molecule has 2 fully saturated rings. The summed E-state index contributed by atoms with van der Waals surface area (Å²) < 4.78 is 6.04. The Bertz CT molecular complexity index is 382. The molecule has 0 radical (unpaired) electrons. The van der Waals surface area contributed by atoms with E-state index >= 15 is 0 Å². The van der Waals surface area contributed by atoms with Crippen molar-refractivity contribution >= 4 is 11.6 Å². The maximum Gasteiger partial charge on any atom is 0.0949 e. The van der Waals surface area contributed by atoms with Gasteiger partial charge < -0.3 is 10.1 Å². The molecule has 1 aliphatic carbocycles. The summed E-state index contributed by atoms with van der Waals surface area (Å²) >= 11 is 6.02. The van der Waals surface area contributed by atoms with Crippen LogP contribution >= 0.6 is 11.6 Å². The summed E-state index contributed by atoms with van der Waals surface area (Å²) in [5.41, 5.74) is 1.19. The first-order chi connectivity index (χ1) is 8.33. The van der Waals surface area contributed by atoms with Crippen LogP contribution in [0.2, 0.25) is 5.02 Å². The van der Waals surface area contributed by atoms with Gasteiger partial charge >= 0.3 is 0 Å². The summed E-state index contributed by atoms with van der Waals surface area (Å²) in [4.78, 5) is 0. The lowest BCUT2D eigenvalue weighted by Crippen LogP contribution is -2.32. The number of nitrogens with one attached hydrogen (secondary N) is 1. The normalized spacial score (nSPS) is 33.1. The lowest BCUT2D eigenvalue weighted by molar-refractivity contribution is 0.0474. The topological polar surface area (TPSA) is 21.3 Å². The Morgan fingerprint density at radius 2 is 2.24 bits per heavy atom. The molecule has 1 saturated heterocycles. The van der Waals surface area contributed by atoms with Crippen LogP contribution in [0.25, 0.3) is 0 Å². The first-order valence-corrected chi connectivity index (χ1v) is 6.81. The standard InChI is InChI=1S/C14H18ClNO/c15-12-5-1-3-10(7-12)14-8-16-13-6-2-4-11(13)9-17-14/h1,3,5,7,11,13-14,16H,2,4,6,8-9H2. The van der Waals surface area contributed by atoms with Gasteiger partial charge in [0.05, 0.1) is 12.7 Å². The molecule has 0 bridgehead atoms. The predicted octanol–water partition coefficient (Wildman–Crippen LogP) is 3.17. The Kier molecular flexibility index (Phi) is 3.37. The van der Waals surface area contributed by atoms with Gasteiger partial charge in [-0.3, -0.25) is 0 Å². The summed E-state index contributed by atoms with van der Waals surface area (Å²) in [5, 5.41) is 4.43. The van der Waals surface area contributed by atoms with Crippen molar-refractivity contribution in [1.29, 1.82) is 0 Å². The number of fused-ring (bicyclic) bond motifs is 1. The molecule has 2 nitrogen and oxygen atoms in total. The first kappa shape index (κ1) is 11.5. The van der Waals surface area contributed by atoms with Crippen LogP contribution in [0.15, 0.2) is 24.3 Å². The van der Waals surface area contributed by atoms with Gasteiger partial charge in [0.25, 0.3) is 0 Å². The lowest BCUT2D eigenvalue weighted by atomic mass is 10.1. The molecule has 0 amide bonds. The van der Waals surface area contributed by atoms with Gasteiger partial charge in [0.15, 0.2) is 0 Å². The minimum atomic E-state index is 0.152. The number of hydrogen-bond acceptors (Lipinski definition) is 2. The van der Waals surface area contributed by atoms with E-state index in [2.05, 4.69) is 11.4 Å².